The Morgan fingerprint density at radius 2 is 1.97 bits per heavy atom. The van der Waals surface area contributed by atoms with E-state index in [0.29, 0.717) is 17.7 Å². The lowest BCUT2D eigenvalue weighted by molar-refractivity contribution is -0.124. The van der Waals surface area contributed by atoms with Crippen LogP contribution in [0.3, 0.4) is 0 Å². The number of Topliss-reactive ketones (excluding diaryl/α,β-unsaturated/α-hetero) is 1. The number of hydrogen-bond acceptors (Lipinski definition) is 5. The number of amides is 2. The van der Waals surface area contributed by atoms with Crippen molar-refractivity contribution in [3.05, 3.63) is 52.1 Å². The van der Waals surface area contributed by atoms with Crippen molar-refractivity contribution in [2.75, 3.05) is 18.5 Å². The average Bonchev–Trinajstić information content (AvgIpc) is 2.98. The van der Waals surface area contributed by atoms with Crippen molar-refractivity contribution in [1.29, 1.82) is 5.26 Å². The molecule has 2 amide bonds. The fourth-order valence-electron chi connectivity index (χ4n) is 3.64. The number of hydrogen-bond donors (Lipinski definition) is 2. The van der Waals surface area contributed by atoms with Crippen molar-refractivity contribution in [3.63, 3.8) is 0 Å². The fourth-order valence-corrected chi connectivity index (χ4v) is 3.64. The summed E-state index contributed by atoms with van der Waals surface area (Å²) < 4.78 is 20.3. The summed E-state index contributed by atoms with van der Waals surface area (Å²) >= 11 is 0. The largest absolute Gasteiger partial charge is 0.374 e. The van der Waals surface area contributed by atoms with E-state index in [2.05, 4.69) is 22.5 Å². The molecule has 33 heavy (non-hydrogen) atoms. The third kappa shape index (κ3) is 4.50. The predicted octanol–water partition coefficient (Wildman–Crippen LogP) is 2.39. The fraction of sp³-hybridized carbons (Fsp3) is 0.333. The van der Waals surface area contributed by atoms with Gasteiger partial charge in [-0.05, 0) is 37.6 Å². The van der Waals surface area contributed by atoms with Gasteiger partial charge in [0, 0.05) is 24.8 Å². The molecule has 1 aromatic carbocycles. The number of halogens is 1. The number of aromatic nitrogens is 1. The summed E-state index contributed by atoms with van der Waals surface area (Å²) in [5, 5.41) is 14.3. The van der Waals surface area contributed by atoms with Gasteiger partial charge in [-0.2, -0.15) is 5.26 Å². The van der Waals surface area contributed by atoms with Crippen LogP contribution in [-0.4, -0.2) is 40.9 Å². The summed E-state index contributed by atoms with van der Waals surface area (Å²) in [5.41, 5.74) is 0.181. The summed E-state index contributed by atoms with van der Waals surface area (Å²) in [6, 6.07) is 5.34. The first-order valence-electron chi connectivity index (χ1n) is 10.3. The second-order valence-electron chi connectivity index (χ2n) is 7.77. The highest BCUT2D eigenvalue weighted by Gasteiger charge is 2.41. The van der Waals surface area contributed by atoms with Gasteiger partial charge in [-0.15, -0.1) is 5.92 Å². The maximum Gasteiger partial charge on any atom is 0.293 e. The summed E-state index contributed by atoms with van der Waals surface area (Å²) in [7, 11) is 1.60. The molecule has 0 bridgehead atoms. The van der Waals surface area contributed by atoms with E-state index in [1.165, 1.54) is 16.7 Å². The summed E-state index contributed by atoms with van der Waals surface area (Å²) in [6.07, 6.45) is 0.602. The molecule has 2 aromatic rings. The molecule has 9 heteroatoms. The minimum Gasteiger partial charge on any atom is -0.374 e. The van der Waals surface area contributed by atoms with Crippen LogP contribution in [0, 0.1) is 42.8 Å². The van der Waals surface area contributed by atoms with Crippen LogP contribution in [0.15, 0.2) is 18.2 Å². The van der Waals surface area contributed by atoms with E-state index >= 15 is 0 Å². The zero-order valence-electron chi connectivity index (χ0n) is 18.8. The Hall–Kier alpha value is -3.95. The average molecular weight is 450 g/mol. The Kier molecular flexibility index (Phi) is 6.66. The molecule has 0 radical (unpaired) electrons. The number of rotatable bonds is 5. The highest BCUT2D eigenvalue weighted by atomic mass is 19.1. The summed E-state index contributed by atoms with van der Waals surface area (Å²) in [6.45, 7) is 5.48. The smallest absolute Gasteiger partial charge is 0.293 e. The van der Waals surface area contributed by atoms with Crippen LogP contribution in [0.4, 0.5) is 10.1 Å². The monoisotopic (exact) mass is 450 g/mol. The van der Waals surface area contributed by atoms with Gasteiger partial charge in [0.1, 0.15) is 23.1 Å². The zero-order valence-corrected chi connectivity index (χ0v) is 18.8. The molecule has 2 heterocycles. The maximum absolute atomic E-state index is 13.6. The van der Waals surface area contributed by atoms with E-state index in [-0.39, 0.29) is 35.7 Å². The van der Waals surface area contributed by atoms with E-state index in [9.17, 15) is 18.8 Å². The summed E-state index contributed by atoms with van der Waals surface area (Å²) in [4.78, 5) is 38.7. The second-order valence-corrected chi connectivity index (χ2v) is 7.77. The molecule has 0 saturated carbocycles. The summed E-state index contributed by atoms with van der Waals surface area (Å²) in [5.74, 6) is 2.98. The van der Waals surface area contributed by atoms with Crippen LogP contribution >= 0.6 is 0 Å². The van der Waals surface area contributed by atoms with Crippen molar-refractivity contribution in [3.8, 4) is 17.9 Å². The van der Waals surface area contributed by atoms with Crippen molar-refractivity contribution < 1.29 is 23.5 Å². The number of nitriles is 1. The molecular formula is C24H23FN4O4. The number of ether oxygens (including phenoxy) is 1. The van der Waals surface area contributed by atoms with Crippen LogP contribution in [0.2, 0.25) is 0 Å². The van der Waals surface area contributed by atoms with E-state index in [1.54, 1.807) is 27.0 Å². The minimum absolute atomic E-state index is 0.121. The van der Waals surface area contributed by atoms with Gasteiger partial charge in [0.05, 0.1) is 24.3 Å². The van der Waals surface area contributed by atoms with Gasteiger partial charge in [-0.25, -0.2) is 4.39 Å². The van der Waals surface area contributed by atoms with Gasteiger partial charge >= 0.3 is 0 Å². The molecule has 8 nitrogen and oxygen atoms in total. The van der Waals surface area contributed by atoms with Gasteiger partial charge < -0.3 is 19.9 Å². The second kappa shape index (κ2) is 9.27. The molecule has 2 N–H and O–H groups in total. The van der Waals surface area contributed by atoms with Crippen molar-refractivity contribution in [2.24, 2.45) is 7.05 Å². The third-order valence-corrected chi connectivity index (χ3v) is 5.48. The highest BCUT2D eigenvalue weighted by molar-refractivity contribution is 6.44. The minimum atomic E-state index is -0.888. The van der Waals surface area contributed by atoms with E-state index in [4.69, 9.17) is 10.00 Å². The van der Waals surface area contributed by atoms with Crippen molar-refractivity contribution >= 4 is 23.3 Å². The third-order valence-electron chi connectivity index (χ3n) is 5.48. The van der Waals surface area contributed by atoms with Gasteiger partial charge in [-0.3, -0.25) is 14.4 Å². The molecule has 0 spiro atoms. The first-order chi connectivity index (χ1) is 15.6. The Balaban J connectivity index is 1.87. The van der Waals surface area contributed by atoms with Gasteiger partial charge in [-0.1, -0.05) is 12.8 Å². The van der Waals surface area contributed by atoms with Crippen LogP contribution < -0.4 is 10.6 Å². The lowest BCUT2D eigenvalue weighted by Gasteiger charge is -2.37. The number of nitrogens with zero attached hydrogens (tertiary/aromatic N) is 2. The topological polar surface area (TPSA) is 113 Å². The molecule has 170 valence electrons. The number of anilines is 1. The van der Waals surface area contributed by atoms with Crippen molar-refractivity contribution in [2.45, 2.75) is 32.7 Å². The normalized spacial score (nSPS) is 13.7. The number of carbonyl (C=O) groups excluding carboxylic acids is 3. The first kappa shape index (κ1) is 23.7. The molecule has 0 atom stereocenters. The standard InChI is InChI=1S/C24H23FN4O4/c1-5-6-9-24(12-33-13-24)28-23(32)21(30)19-14(2)20(29(4)15(19)3)22(31)27-17-7-8-18(25)16(10-17)11-26/h7-8,10H,5,12-13H2,1-4H3,(H,27,31)(H,28,32). The lowest BCUT2D eigenvalue weighted by atomic mass is 9.96. The Morgan fingerprint density at radius 1 is 1.27 bits per heavy atom. The molecular weight excluding hydrogens is 427 g/mol. The first-order valence-corrected chi connectivity index (χ1v) is 10.3. The highest BCUT2D eigenvalue weighted by Crippen LogP contribution is 2.24. The van der Waals surface area contributed by atoms with Gasteiger partial charge in [0.25, 0.3) is 17.6 Å². The Morgan fingerprint density at radius 3 is 2.55 bits per heavy atom. The number of benzene rings is 1. The molecule has 1 saturated heterocycles. The van der Waals surface area contributed by atoms with Crippen molar-refractivity contribution in [1.82, 2.24) is 9.88 Å². The molecule has 3 rings (SSSR count). The van der Waals surface area contributed by atoms with E-state index < -0.39 is 29.0 Å². The number of nitrogens with one attached hydrogen (secondary N) is 2. The molecule has 0 aliphatic carbocycles. The Labute approximate surface area is 190 Å². The molecule has 1 aliphatic heterocycles. The molecule has 1 fully saturated rings. The van der Waals surface area contributed by atoms with E-state index in [0.717, 1.165) is 6.07 Å². The SMILES string of the molecule is CCC#CC1(NC(=O)C(=O)c2c(C)c(C(=O)Nc3ccc(F)c(C#N)c3)n(C)c2C)COC1. The van der Waals surface area contributed by atoms with Gasteiger partial charge in [0.2, 0.25) is 0 Å². The molecule has 1 aromatic heterocycles. The predicted molar refractivity (Wildman–Crippen MR) is 118 cm³/mol. The molecule has 1 aliphatic rings. The van der Waals surface area contributed by atoms with Crippen LogP contribution in [0.5, 0.6) is 0 Å². The lowest BCUT2D eigenvalue weighted by Crippen LogP contribution is -2.62. The van der Waals surface area contributed by atoms with E-state index in [1.807, 2.05) is 6.92 Å². The van der Waals surface area contributed by atoms with Gasteiger partial charge in [0.15, 0.2) is 0 Å². The quantitative estimate of drug-likeness (QED) is 0.413. The van der Waals surface area contributed by atoms with Crippen LogP contribution in [-0.2, 0) is 16.6 Å². The van der Waals surface area contributed by atoms with Crippen LogP contribution in [0.1, 0.15) is 51.0 Å². The molecule has 0 unspecified atom stereocenters. The Bertz CT molecular complexity index is 1260. The zero-order chi connectivity index (χ0) is 24.3. The maximum atomic E-state index is 13.6. The number of carbonyl (C=O) groups is 3. The number of ketones is 1. The van der Waals surface area contributed by atoms with Crippen LogP contribution in [0.25, 0.3) is 0 Å².